The van der Waals surface area contributed by atoms with Crippen LogP contribution < -0.4 is 10.0 Å². The van der Waals surface area contributed by atoms with Crippen LogP contribution in [0, 0.1) is 16.0 Å². The third kappa shape index (κ3) is 3.31. The van der Waals surface area contributed by atoms with E-state index in [1.807, 2.05) is 6.92 Å². The Morgan fingerprint density at radius 2 is 2.14 bits per heavy atom. The number of anilines is 1. The van der Waals surface area contributed by atoms with Gasteiger partial charge in [-0.05, 0) is 18.4 Å². The molecule has 3 N–H and O–H groups in total. The predicted molar refractivity (Wildman–Crippen MR) is 76.5 cm³/mol. The molecular weight excluding hydrogens is 298 g/mol. The summed E-state index contributed by atoms with van der Waals surface area (Å²) < 4.78 is 23.3. The van der Waals surface area contributed by atoms with Gasteiger partial charge in [0.25, 0.3) is 5.69 Å². The molecule has 1 aromatic rings. The summed E-state index contributed by atoms with van der Waals surface area (Å²) in [6.07, 6.45) is 0.0415. The Bertz CT molecular complexity index is 661. The highest BCUT2D eigenvalue weighted by Gasteiger charge is 2.29. The van der Waals surface area contributed by atoms with E-state index in [9.17, 15) is 23.6 Å². The van der Waals surface area contributed by atoms with Gasteiger partial charge in [-0.2, -0.15) is 0 Å². The number of aliphatic hydroxyl groups is 1. The Labute approximate surface area is 122 Å². The van der Waals surface area contributed by atoms with Gasteiger partial charge in [-0.3, -0.25) is 10.1 Å². The van der Waals surface area contributed by atoms with E-state index in [4.69, 9.17) is 5.14 Å². The maximum Gasteiger partial charge on any atom is 0.271 e. The fourth-order valence-corrected chi connectivity index (χ4v) is 3.11. The third-order valence-corrected chi connectivity index (χ3v) is 4.68. The molecule has 1 aliphatic heterocycles. The largest absolute Gasteiger partial charge is 0.391 e. The van der Waals surface area contributed by atoms with Gasteiger partial charge in [0, 0.05) is 25.2 Å². The highest BCUT2D eigenvalue weighted by molar-refractivity contribution is 7.89. The van der Waals surface area contributed by atoms with Crippen molar-refractivity contribution in [3.05, 3.63) is 28.3 Å². The smallest absolute Gasteiger partial charge is 0.271 e. The van der Waals surface area contributed by atoms with Crippen molar-refractivity contribution in [1.29, 1.82) is 0 Å². The molecule has 0 radical (unpaired) electrons. The molecule has 1 heterocycles. The van der Waals surface area contributed by atoms with Crippen LogP contribution in [0.5, 0.6) is 0 Å². The minimum Gasteiger partial charge on any atom is -0.391 e. The lowest BCUT2D eigenvalue weighted by Crippen LogP contribution is -2.43. The molecule has 1 aliphatic rings. The summed E-state index contributed by atoms with van der Waals surface area (Å²) in [5.74, 6) is 0.0953. The summed E-state index contributed by atoms with van der Waals surface area (Å²) in [5.41, 5.74) is -0.0526. The van der Waals surface area contributed by atoms with Gasteiger partial charge in [0.1, 0.15) is 4.90 Å². The zero-order valence-electron chi connectivity index (χ0n) is 11.5. The van der Waals surface area contributed by atoms with Gasteiger partial charge in [0.15, 0.2) is 0 Å². The number of primary sulfonamides is 1. The molecular formula is C12H17N3O5S. The Morgan fingerprint density at radius 3 is 2.67 bits per heavy atom. The number of β-amino-alcohol motifs (C(OH)–C–C–N with tert-alkyl or cyclic N) is 1. The summed E-state index contributed by atoms with van der Waals surface area (Å²) in [6.45, 7) is 2.61. The molecule has 1 saturated heterocycles. The first-order valence-electron chi connectivity index (χ1n) is 6.44. The Balaban J connectivity index is 2.49. The van der Waals surface area contributed by atoms with Crippen LogP contribution in [-0.2, 0) is 10.0 Å². The molecule has 8 nitrogen and oxygen atoms in total. The van der Waals surface area contributed by atoms with Crippen LogP contribution in [0.2, 0.25) is 0 Å². The van der Waals surface area contributed by atoms with Gasteiger partial charge >= 0.3 is 0 Å². The topological polar surface area (TPSA) is 127 Å². The highest BCUT2D eigenvalue weighted by Crippen LogP contribution is 2.32. The lowest BCUT2D eigenvalue weighted by molar-refractivity contribution is -0.384. The van der Waals surface area contributed by atoms with Crippen molar-refractivity contribution in [1.82, 2.24) is 0 Å². The van der Waals surface area contributed by atoms with Crippen molar-refractivity contribution in [3.8, 4) is 0 Å². The number of piperidine rings is 1. The monoisotopic (exact) mass is 315 g/mol. The zero-order valence-corrected chi connectivity index (χ0v) is 12.3. The first-order valence-corrected chi connectivity index (χ1v) is 7.99. The molecule has 0 aliphatic carbocycles. The second-order valence-corrected chi connectivity index (χ2v) is 6.76. The highest BCUT2D eigenvalue weighted by atomic mass is 32.2. The second-order valence-electron chi connectivity index (χ2n) is 5.23. The van der Waals surface area contributed by atoms with Gasteiger partial charge in [-0.1, -0.05) is 6.92 Å². The number of benzene rings is 1. The molecule has 1 aromatic carbocycles. The number of aliphatic hydroxyl groups excluding tert-OH is 1. The van der Waals surface area contributed by atoms with Gasteiger partial charge < -0.3 is 10.0 Å². The first-order chi connectivity index (χ1) is 9.70. The number of sulfonamides is 1. The van der Waals surface area contributed by atoms with Crippen LogP contribution in [0.15, 0.2) is 23.1 Å². The van der Waals surface area contributed by atoms with Crippen LogP contribution in [0.1, 0.15) is 13.3 Å². The maximum absolute atomic E-state index is 11.6. The van der Waals surface area contributed by atoms with Crippen molar-refractivity contribution in [2.24, 2.45) is 11.1 Å². The summed E-state index contributed by atoms with van der Waals surface area (Å²) in [6, 6.07) is 3.42. The van der Waals surface area contributed by atoms with E-state index >= 15 is 0 Å². The summed E-state index contributed by atoms with van der Waals surface area (Å²) >= 11 is 0. The molecule has 0 saturated carbocycles. The van der Waals surface area contributed by atoms with Crippen molar-refractivity contribution in [2.45, 2.75) is 24.3 Å². The minimum atomic E-state index is -4.00. The van der Waals surface area contributed by atoms with E-state index in [-0.39, 0.29) is 28.7 Å². The van der Waals surface area contributed by atoms with Crippen LogP contribution in [0.4, 0.5) is 11.4 Å². The van der Waals surface area contributed by atoms with E-state index in [0.717, 1.165) is 12.1 Å². The number of rotatable bonds is 3. The average Bonchev–Trinajstić information content (AvgIpc) is 2.40. The molecule has 1 fully saturated rings. The predicted octanol–water partition coefficient (Wildman–Crippen LogP) is 0.449. The first kappa shape index (κ1) is 15.7. The second kappa shape index (κ2) is 5.58. The van der Waals surface area contributed by atoms with Gasteiger partial charge in [0.2, 0.25) is 10.0 Å². The molecule has 2 rings (SSSR count). The van der Waals surface area contributed by atoms with Crippen LogP contribution in [0.25, 0.3) is 0 Å². The SMILES string of the molecule is CC1CCN(c2cc([N+](=O)[O-])ccc2S(N)(=O)=O)CC1O. The number of nitrogens with zero attached hydrogens (tertiary/aromatic N) is 2. The van der Waals surface area contributed by atoms with Crippen LogP contribution >= 0.6 is 0 Å². The summed E-state index contributed by atoms with van der Waals surface area (Å²) in [5, 5.41) is 26.0. The molecule has 0 amide bonds. The van der Waals surface area contributed by atoms with Crippen LogP contribution in [-0.4, -0.2) is 37.6 Å². The van der Waals surface area contributed by atoms with E-state index in [1.54, 1.807) is 4.90 Å². The Kier molecular flexibility index (Phi) is 4.17. The number of hydrogen-bond donors (Lipinski definition) is 2. The average molecular weight is 315 g/mol. The fraction of sp³-hybridized carbons (Fsp3) is 0.500. The van der Waals surface area contributed by atoms with E-state index < -0.39 is 21.1 Å². The van der Waals surface area contributed by atoms with Crippen molar-refractivity contribution in [2.75, 3.05) is 18.0 Å². The van der Waals surface area contributed by atoms with Crippen molar-refractivity contribution in [3.63, 3.8) is 0 Å². The molecule has 9 heteroatoms. The normalized spacial score (nSPS) is 23.1. The quantitative estimate of drug-likeness (QED) is 0.616. The lowest BCUT2D eigenvalue weighted by atomic mass is 9.95. The fourth-order valence-electron chi connectivity index (χ4n) is 2.37. The maximum atomic E-state index is 11.6. The van der Waals surface area contributed by atoms with E-state index in [2.05, 4.69) is 0 Å². The molecule has 0 aromatic heterocycles. The summed E-state index contributed by atoms with van der Waals surface area (Å²) in [4.78, 5) is 11.7. The number of nitro benzene ring substituents is 1. The molecule has 116 valence electrons. The number of nitrogens with two attached hydrogens (primary N) is 1. The number of non-ortho nitro benzene ring substituents is 1. The number of nitro groups is 1. The molecule has 0 bridgehead atoms. The van der Waals surface area contributed by atoms with Gasteiger partial charge in [0.05, 0.1) is 16.7 Å². The standard InChI is InChI=1S/C12H17N3O5S/c1-8-4-5-14(7-11(8)16)10-6-9(15(17)18)2-3-12(10)21(13,19)20/h2-3,6,8,11,16H,4-5,7H2,1H3,(H2,13,19,20). The van der Waals surface area contributed by atoms with E-state index in [0.29, 0.717) is 13.0 Å². The molecule has 2 atom stereocenters. The Hall–Kier alpha value is -1.71. The number of hydrogen-bond acceptors (Lipinski definition) is 6. The van der Waals surface area contributed by atoms with Crippen molar-refractivity contribution >= 4 is 21.4 Å². The van der Waals surface area contributed by atoms with Crippen molar-refractivity contribution < 1.29 is 18.4 Å². The third-order valence-electron chi connectivity index (χ3n) is 3.72. The summed E-state index contributed by atoms with van der Waals surface area (Å²) in [7, 11) is -4.00. The van der Waals surface area contributed by atoms with Gasteiger partial charge in [-0.15, -0.1) is 0 Å². The van der Waals surface area contributed by atoms with Gasteiger partial charge in [-0.25, -0.2) is 13.6 Å². The van der Waals surface area contributed by atoms with Crippen LogP contribution in [0.3, 0.4) is 0 Å². The zero-order chi connectivity index (χ0) is 15.8. The molecule has 21 heavy (non-hydrogen) atoms. The lowest BCUT2D eigenvalue weighted by Gasteiger charge is -2.36. The van der Waals surface area contributed by atoms with E-state index in [1.165, 1.54) is 6.07 Å². The minimum absolute atomic E-state index is 0.0953. The Morgan fingerprint density at radius 1 is 1.48 bits per heavy atom. The molecule has 2 unspecified atom stereocenters. The molecule has 0 spiro atoms.